The molecule has 1 aromatic carbocycles. The molecule has 2 rings (SSSR count). The van der Waals surface area contributed by atoms with Gasteiger partial charge in [-0.2, -0.15) is 0 Å². The number of thiocarbonyl (C=S) groups is 1. The first-order chi connectivity index (χ1) is 8.65. The number of aromatic nitrogens is 1. The van der Waals surface area contributed by atoms with E-state index in [0.29, 0.717) is 11.6 Å². The van der Waals surface area contributed by atoms with Crippen LogP contribution in [0.4, 0.5) is 0 Å². The number of ether oxygens (including phenoxy) is 1. The summed E-state index contributed by atoms with van der Waals surface area (Å²) in [5.41, 5.74) is 7.36. The molecule has 1 aromatic heterocycles. The Morgan fingerprint density at radius 3 is 2.89 bits per heavy atom. The number of pyridine rings is 1. The molecule has 2 aromatic rings. The van der Waals surface area contributed by atoms with Gasteiger partial charge >= 0.3 is 0 Å². The summed E-state index contributed by atoms with van der Waals surface area (Å²) in [5.74, 6) is 0.736. The van der Waals surface area contributed by atoms with E-state index in [9.17, 15) is 0 Å². The zero-order chi connectivity index (χ0) is 13.0. The van der Waals surface area contributed by atoms with Gasteiger partial charge in [-0.15, -0.1) is 0 Å². The minimum absolute atomic E-state index is 0.365. The number of halogens is 1. The van der Waals surface area contributed by atoms with Gasteiger partial charge in [0.05, 0.1) is 0 Å². The Bertz CT molecular complexity index is 574. The summed E-state index contributed by atoms with van der Waals surface area (Å²) in [6, 6.07) is 9.38. The maximum absolute atomic E-state index is 5.66. The third-order valence-electron chi connectivity index (χ3n) is 2.29. The highest BCUT2D eigenvalue weighted by atomic mass is 79.9. The highest BCUT2D eigenvalue weighted by Crippen LogP contribution is 2.16. The van der Waals surface area contributed by atoms with Gasteiger partial charge in [-0.05, 0) is 34.1 Å². The molecule has 0 saturated carbocycles. The molecule has 5 heteroatoms. The summed E-state index contributed by atoms with van der Waals surface area (Å²) in [7, 11) is 0. The van der Waals surface area contributed by atoms with Crippen LogP contribution in [0.25, 0.3) is 0 Å². The molecule has 0 saturated heterocycles. The minimum Gasteiger partial charge on any atom is -0.489 e. The summed E-state index contributed by atoms with van der Waals surface area (Å²) in [6.45, 7) is 0.452. The van der Waals surface area contributed by atoms with Crippen LogP contribution < -0.4 is 10.5 Å². The van der Waals surface area contributed by atoms with Gasteiger partial charge in [0.15, 0.2) is 0 Å². The molecule has 92 valence electrons. The molecule has 0 atom stereocenters. The summed E-state index contributed by atoms with van der Waals surface area (Å²) in [6.07, 6.45) is 3.50. The summed E-state index contributed by atoms with van der Waals surface area (Å²) in [5, 5.41) is 0. The van der Waals surface area contributed by atoms with Crippen LogP contribution in [0.5, 0.6) is 5.75 Å². The molecule has 0 bridgehead atoms. The Morgan fingerprint density at radius 2 is 2.17 bits per heavy atom. The fraction of sp³-hybridized carbons (Fsp3) is 0.0769. The largest absolute Gasteiger partial charge is 0.489 e. The van der Waals surface area contributed by atoms with Gasteiger partial charge in [0.25, 0.3) is 0 Å². The lowest BCUT2D eigenvalue weighted by Gasteiger charge is -2.07. The zero-order valence-electron chi connectivity index (χ0n) is 9.47. The number of nitrogens with zero attached hydrogens (tertiary/aromatic N) is 1. The molecule has 0 amide bonds. The van der Waals surface area contributed by atoms with Crippen molar-refractivity contribution in [2.45, 2.75) is 6.61 Å². The molecule has 0 fully saturated rings. The fourth-order valence-corrected chi connectivity index (χ4v) is 1.98. The van der Waals surface area contributed by atoms with Crippen LogP contribution in [-0.2, 0) is 6.61 Å². The van der Waals surface area contributed by atoms with E-state index in [2.05, 4.69) is 20.9 Å². The van der Waals surface area contributed by atoms with Crippen molar-refractivity contribution in [3.05, 3.63) is 58.3 Å². The predicted molar refractivity (Wildman–Crippen MR) is 78.6 cm³/mol. The summed E-state index contributed by atoms with van der Waals surface area (Å²) in [4.78, 5) is 4.44. The van der Waals surface area contributed by atoms with Gasteiger partial charge < -0.3 is 10.5 Å². The van der Waals surface area contributed by atoms with Crippen molar-refractivity contribution in [3.63, 3.8) is 0 Å². The second-order valence-electron chi connectivity index (χ2n) is 3.69. The van der Waals surface area contributed by atoms with Crippen molar-refractivity contribution < 1.29 is 4.74 Å². The van der Waals surface area contributed by atoms with Gasteiger partial charge in [-0.3, -0.25) is 4.98 Å². The van der Waals surface area contributed by atoms with Crippen molar-refractivity contribution in [1.29, 1.82) is 0 Å². The average molecular weight is 323 g/mol. The van der Waals surface area contributed by atoms with E-state index in [-0.39, 0.29) is 0 Å². The Hall–Kier alpha value is -1.46. The molecule has 0 aliphatic carbocycles. The van der Waals surface area contributed by atoms with Crippen molar-refractivity contribution in [3.8, 4) is 5.75 Å². The zero-order valence-corrected chi connectivity index (χ0v) is 11.9. The van der Waals surface area contributed by atoms with E-state index in [1.807, 2.05) is 30.3 Å². The molecule has 0 spiro atoms. The molecule has 0 unspecified atom stereocenters. The first-order valence-electron chi connectivity index (χ1n) is 5.27. The van der Waals surface area contributed by atoms with E-state index in [1.165, 1.54) is 0 Å². The molecular weight excluding hydrogens is 312 g/mol. The van der Waals surface area contributed by atoms with Crippen LogP contribution in [0.2, 0.25) is 0 Å². The maximum Gasteiger partial charge on any atom is 0.120 e. The molecule has 0 aliphatic heterocycles. The van der Waals surface area contributed by atoms with Crippen molar-refractivity contribution in [2.75, 3.05) is 0 Å². The summed E-state index contributed by atoms with van der Waals surface area (Å²) < 4.78 is 6.59. The number of rotatable bonds is 4. The average Bonchev–Trinajstić information content (AvgIpc) is 2.37. The second kappa shape index (κ2) is 5.93. The fourth-order valence-electron chi connectivity index (χ4n) is 1.44. The van der Waals surface area contributed by atoms with Crippen LogP contribution in [0.3, 0.4) is 0 Å². The van der Waals surface area contributed by atoms with Gasteiger partial charge in [0, 0.05) is 28.0 Å². The van der Waals surface area contributed by atoms with E-state index in [0.717, 1.165) is 21.3 Å². The highest BCUT2D eigenvalue weighted by molar-refractivity contribution is 9.10. The maximum atomic E-state index is 5.66. The van der Waals surface area contributed by atoms with E-state index >= 15 is 0 Å². The molecule has 18 heavy (non-hydrogen) atoms. The predicted octanol–water partition coefficient (Wildman–Crippen LogP) is 3.06. The van der Waals surface area contributed by atoms with Crippen LogP contribution in [0.1, 0.15) is 11.1 Å². The number of hydrogen-bond donors (Lipinski definition) is 1. The number of hydrogen-bond acceptors (Lipinski definition) is 3. The van der Waals surface area contributed by atoms with Gasteiger partial charge in [-0.1, -0.05) is 24.4 Å². The first kappa shape index (κ1) is 13.0. The summed E-state index contributed by atoms with van der Waals surface area (Å²) >= 11 is 8.29. The minimum atomic E-state index is 0.365. The Labute approximate surface area is 119 Å². The first-order valence-corrected chi connectivity index (χ1v) is 6.47. The Kier molecular flexibility index (Phi) is 4.28. The molecule has 0 aliphatic rings. The van der Waals surface area contributed by atoms with E-state index in [4.69, 9.17) is 22.7 Å². The second-order valence-corrected chi connectivity index (χ2v) is 5.05. The van der Waals surface area contributed by atoms with Crippen molar-refractivity contribution >= 4 is 33.1 Å². The van der Waals surface area contributed by atoms with Crippen LogP contribution in [0.15, 0.2) is 47.2 Å². The van der Waals surface area contributed by atoms with E-state index < -0.39 is 0 Å². The topological polar surface area (TPSA) is 48.1 Å². The standard InChI is InChI=1S/C13H11BrN2OS/c14-11-4-9(6-16-7-11)8-17-12-3-1-2-10(5-12)13(15)18/h1-7H,8H2,(H2,15,18). The monoisotopic (exact) mass is 322 g/mol. The molecule has 3 nitrogen and oxygen atoms in total. The van der Waals surface area contributed by atoms with Crippen LogP contribution >= 0.6 is 28.1 Å². The lowest BCUT2D eigenvalue weighted by molar-refractivity contribution is 0.305. The third-order valence-corrected chi connectivity index (χ3v) is 2.95. The van der Waals surface area contributed by atoms with Gasteiger partial charge in [0.2, 0.25) is 0 Å². The Balaban J connectivity index is 2.06. The van der Waals surface area contributed by atoms with Crippen molar-refractivity contribution in [1.82, 2.24) is 4.98 Å². The number of benzene rings is 1. The Morgan fingerprint density at radius 1 is 1.33 bits per heavy atom. The number of nitrogens with two attached hydrogens (primary N) is 1. The lowest BCUT2D eigenvalue weighted by atomic mass is 10.2. The molecule has 0 radical (unpaired) electrons. The van der Waals surface area contributed by atoms with E-state index in [1.54, 1.807) is 12.4 Å². The van der Waals surface area contributed by atoms with Crippen molar-refractivity contribution in [2.24, 2.45) is 5.73 Å². The smallest absolute Gasteiger partial charge is 0.120 e. The molecule has 2 N–H and O–H groups in total. The molecule has 1 heterocycles. The normalized spacial score (nSPS) is 10.1. The van der Waals surface area contributed by atoms with Gasteiger partial charge in [-0.25, -0.2) is 0 Å². The SMILES string of the molecule is NC(=S)c1cccc(OCc2cncc(Br)c2)c1. The quantitative estimate of drug-likeness (QED) is 0.879. The highest BCUT2D eigenvalue weighted by Gasteiger charge is 2.00. The lowest BCUT2D eigenvalue weighted by Crippen LogP contribution is -2.09. The third kappa shape index (κ3) is 3.51. The van der Waals surface area contributed by atoms with Gasteiger partial charge in [0.1, 0.15) is 17.3 Å². The van der Waals surface area contributed by atoms with Crippen LogP contribution in [-0.4, -0.2) is 9.97 Å². The molecular formula is C13H11BrN2OS. The van der Waals surface area contributed by atoms with Crippen LogP contribution in [0, 0.1) is 0 Å².